The standard InChI is InChI=1S/C10H18N.Li/c1-3-6-9(4-2)11-10-7-5-8-10;/h5,7-11H,3-4,6H2,1-2H3;. The Kier molecular flexibility index (Phi) is 4.43. The third-order valence-electron chi connectivity index (χ3n) is 2.75. The summed E-state index contributed by atoms with van der Waals surface area (Å²) in [4.78, 5) is 0. The van der Waals surface area contributed by atoms with Gasteiger partial charge in [-0.3, -0.25) is 0 Å². The van der Waals surface area contributed by atoms with Gasteiger partial charge in [-0.25, -0.2) is 0 Å². The maximum absolute atomic E-state index is 3.67. The van der Waals surface area contributed by atoms with Crippen molar-refractivity contribution in [1.82, 2.24) is 5.32 Å². The van der Waals surface area contributed by atoms with E-state index in [9.17, 15) is 0 Å². The van der Waals surface area contributed by atoms with Crippen LogP contribution in [0.1, 0.15) is 33.1 Å². The van der Waals surface area contributed by atoms with Crippen LogP contribution in [0, 0.1) is 0 Å². The molecule has 12 heavy (non-hydrogen) atoms. The Hall–Kier alpha value is 0.297. The summed E-state index contributed by atoms with van der Waals surface area (Å²) >= 11 is 2.27. The van der Waals surface area contributed by atoms with Gasteiger partial charge in [0.2, 0.25) is 0 Å². The third-order valence-corrected chi connectivity index (χ3v) is 2.75. The van der Waals surface area contributed by atoms with E-state index in [1.54, 1.807) is 0 Å². The van der Waals surface area contributed by atoms with Gasteiger partial charge in [0, 0.05) is 0 Å². The average molecular weight is 159 g/mol. The molecule has 0 aromatic heterocycles. The van der Waals surface area contributed by atoms with Gasteiger partial charge in [0.1, 0.15) is 0 Å². The van der Waals surface area contributed by atoms with Crippen LogP contribution < -0.4 is 5.32 Å². The molecule has 0 saturated heterocycles. The molecular weight excluding hydrogens is 141 g/mol. The first-order valence-electron chi connectivity index (χ1n) is 5.22. The van der Waals surface area contributed by atoms with Crippen LogP contribution in [-0.4, -0.2) is 29.8 Å². The zero-order chi connectivity index (χ0) is 8.97. The molecular formula is C10H18LiN. The fraction of sp³-hybridized carbons (Fsp3) is 0.800. The minimum absolute atomic E-state index is 0.654. The molecule has 0 saturated carbocycles. The van der Waals surface area contributed by atoms with Crippen LogP contribution in [0.5, 0.6) is 0 Å². The number of hydrogen-bond acceptors (Lipinski definition) is 1. The van der Waals surface area contributed by atoms with Crippen LogP contribution in [0.15, 0.2) is 12.2 Å². The van der Waals surface area contributed by atoms with Crippen LogP contribution in [0.4, 0.5) is 0 Å². The third kappa shape index (κ3) is 2.66. The molecule has 0 radical (unpaired) electrons. The molecule has 1 aliphatic rings. The fourth-order valence-electron chi connectivity index (χ4n) is 1.68. The topological polar surface area (TPSA) is 12.0 Å². The molecule has 0 aromatic carbocycles. The average Bonchev–Trinajstić information content (AvgIpc) is 2.09. The molecule has 3 atom stereocenters. The Morgan fingerprint density at radius 2 is 2.17 bits per heavy atom. The molecule has 0 aromatic rings. The zero-order valence-corrected chi connectivity index (χ0v) is 8.51. The second-order valence-corrected chi connectivity index (χ2v) is 3.83. The fourth-order valence-corrected chi connectivity index (χ4v) is 1.68. The van der Waals surface area contributed by atoms with E-state index in [-0.39, 0.29) is 0 Å². The maximum atomic E-state index is 3.67. The van der Waals surface area contributed by atoms with E-state index in [0.29, 0.717) is 6.04 Å². The van der Waals surface area contributed by atoms with Gasteiger partial charge in [-0.15, -0.1) is 0 Å². The van der Waals surface area contributed by atoms with Crippen molar-refractivity contribution in [2.75, 3.05) is 0 Å². The molecule has 0 bridgehead atoms. The van der Waals surface area contributed by atoms with E-state index in [1.807, 2.05) is 0 Å². The number of rotatable bonds is 5. The van der Waals surface area contributed by atoms with Crippen molar-refractivity contribution in [3.8, 4) is 0 Å². The molecule has 0 spiro atoms. The molecule has 0 amide bonds. The second-order valence-electron chi connectivity index (χ2n) is 3.83. The van der Waals surface area contributed by atoms with Crippen LogP contribution in [0.2, 0.25) is 4.59 Å². The zero-order valence-electron chi connectivity index (χ0n) is 8.51. The van der Waals surface area contributed by atoms with E-state index in [4.69, 9.17) is 0 Å². The van der Waals surface area contributed by atoms with Gasteiger partial charge in [0.05, 0.1) is 0 Å². The second kappa shape index (κ2) is 5.12. The van der Waals surface area contributed by atoms with Gasteiger partial charge >= 0.3 is 85.0 Å². The summed E-state index contributed by atoms with van der Waals surface area (Å²) in [5, 5.41) is 3.67. The first-order valence-corrected chi connectivity index (χ1v) is 5.22. The summed E-state index contributed by atoms with van der Waals surface area (Å²) in [6.07, 6.45) is 8.41. The summed E-state index contributed by atoms with van der Waals surface area (Å²) in [5.41, 5.74) is 0. The molecule has 64 valence electrons. The Labute approximate surface area is 85.2 Å². The first kappa shape index (κ1) is 10.4. The van der Waals surface area contributed by atoms with Gasteiger partial charge in [0.15, 0.2) is 0 Å². The Bertz CT molecular complexity index is 156. The van der Waals surface area contributed by atoms with Crippen molar-refractivity contribution >= 4 is 17.7 Å². The van der Waals surface area contributed by atoms with Crippen LogP contribution >= 0.6 is 0 Å². The Balaban J connectivity index is 2.23. The quantitative estimate of drug-likeness (QED) is 0.478. The molecule has 1 N–H and O–H groups in total. The van der Waals surface area contributed by atoms with E-state index < -0.39 is 0 Å². The Morgan fingerprint density at radius 1 is 1.42 bits per heavy atom. The summed E-state index contributed by atoms with van der Waals surface area (Å²) < 4.78 is 0.746. The van der Waals surface area contributed by atoms with Crippen LogP contribution in [-0.2, 0) is 0 Å². The molecule has 2 heteroatoms. The molecule has 0 aliphatic heterocycles. The van der Waals surface area contributed by atoms with E-state index in [1.165, 1.54) is 19.3 Å². The summed E-state index contributed by atoms with van der Waals surface area (Å²) in [6, 6.07) is 1.38. The molecule has 3 unspecified atom stereocenters. The van der Waals surface area contributed by atoms with Crippen LogP contribution in [0.3, 0.4) is 0 Å². The minimum atomic E-state index is 0.654. The van der Waals surface area contributed by atoms with Crippen molar-refractivity contribution in [3.05, 3.63) is 12.2 Å². The van der Waals surface area contributed by atoms with Crippen molar-refractivity contribution in [2.45, 2.75) is 49.8 Å². The summed E-state index contributed by atoms with van der Waals surface area (Å²) in [6.45, 7) is 4.52. The van der Waals surface area contributed by atoms with Crippen molar-refractivity contribution in [3.63, 3.8) is 0 Å². The van der Waals surface area contributed by atoms with Crippen molar-refractivity contribution in [1.29, 1.82) is 0 Å². The number of hydrogen-bond donors (Lipinski definition) is 1. The summed E-state index contributed by atoms with van der Waals surface area (Å²) in [7, 11) is 0. The van der Waals surface area contributed by atoms with E-state index >= 15 is 0 Å². The molecule has 0 heterocycles. The van der Waals surface area contributed by atoms with Gasteiger partial charge in [-0.05, 0) is 0 Å². The van der Waals surface area contributed by atoms with Gasteiger partial charge in [0.25, 0.3) is 0 Å². The van der Waals surface area contributed by atoms with Crippen molar-refractivity contribution in [2.24, 2.45) is 0 Å². The SMILES string of the molecule is [Li][CH]1C=CC1NC(CC)CCC. The van der Waals surface area contributed by atoms with Gasteiger partial charge in [-0.1, -0.05) is 0 Å². The normalized spacial score (nSPS) is 30.0. The van der Waals surface area contributed by atoms with Crippen molar-refractivity contribution < 1.29 is 0 Å². The Morgan fingerprint density at radius 3 is 2.50 bits per heavy atom. The number of nitrogens with one attached hydrogen (secondary N) is 1. The molecule has 1 nitrogen and oxygen atoms in total. The van der Waals surface area contributed by atoms with Gasteiger partial charge in [-0.2, -0.15) is 0 Å². The predicted molar refractivity (Wildman–Crippen MR) is 54.6 cm³/mol. The molecule has 1 aliphatic carbocycles. The molecule has 1 rings (SSSR count). The van der Waals surface area contributed by atoms with Crippen LogP contribution in [0.25, 0.3) is 0 Å². The first-order chi connectivity index (χ1) is 5.77. The van der Waals surface area contributed by atoms with Gasteiger partial charge < -0.3 is 0 Å². The summed E-state index contributed by atoms with van der Waals surface area (Å²) in [5.74, 6) is 0. The molecule has 0 fully saturated rings. The monoisotopic (exact) mass is 159 g/mol. The predicted octanol–water partition coefficient (Wildman–Crippen LogP) is 2.05. The van der Waals surface area contributed by atoms with E-state index in [0.717, 1.165) is 10.6 Å². The van der Waals surface area contributed by atoms with E-state index in [2.05, 4.69) is 49.0 Å².